The van der Waals surface area contributed by atoms with Crippen LogP contribution in [0.5, 0.6) is 0 Å². The average molecular weight is 156 g/mol. The quantitative estimate of drug-likeness (QED) is 0.467. The Labute approximate surface area is 65.7 Å². The highest BCUT2D eigenvalue weighted by Gasteiger charge is 2.31. The van der Waals surface area contributed by atoms with Crippen molar-refractivity contribution in [3.8, 4) is 0 Å². The normalized spacial score (nSPS) is 27.5. The molecule has 3 nitrogen and oxygen atoms in total. The monoisotopic (exact) mass is 156 g/mol. The molecule has 0 saturated carbocycles. The van der Waals surface area contributed by atoms with Crippen LogP contribution in [0.25, 0.3) is 0 Å². The summed E-state index contributed by atoms with van der Waals surface area (Å²) in [5.41, 5.74) is 0. The zero-order valence-corrected chi connectivity index (χ0v) is 6.49. The molecule has 1 aliphatic heterocycles. The average Bonchev–Trinajstić information content (AvgIpc) is 2.36. The lowest BCUT2D eigenvalue weighted by Crippen LogP contribution is -2.22. The van der Waals surface area contributed by atoms with Gasteiger partial charge in [-0.2, -0.15) is 0 Å². The van der Waals surface area contributed by atoms with Gasteiger partial charge in [-0.3, -0.25) is 4.79 Å². The zero-order chi connectivity index (χ0) is 8.27. The third kappa shape index (κ3) is 1.80. The highest BCUT2D eigenvalue weighted by atomic mass is 16.5. The molecule has 0 aromatic rings. The summed E-state index contributed by atoms with van der Waals surface area (Å²) in [6.07, 6.45) is 3.30. The molecule has 62 valence electrons. The maximum absolute atomic E-state index is 10.9. The van der Waals surface area contributed by atoms with Crippen molar-refractivity contribution in [1.82, 2.24) is 0 Å². The number of esters is 1. The summed E-state index contributed by atoms with van der Waals surface area (Å²) in [7, 11) is 0. The fourth-order valence-corrected chi connectivity index (χ4v) is 1.15. The first-order valence-electron chi connectivity index (χ1n) is 3.73. The molecule has 0 unspecified atom stereocenters. The van der Waals surface area contributed by atoms with Crippen molar-refractivity contribution in [3.63, 3.8) is 0 Å². The number of carbonyl (C=O) groups excluding carboxylic acids is 1. The molecule has 1 saturated heterocycles. The molecular formula is C8H12O3. The Morgan fingerprint density at radius 2 is 2.55 bits per heavy atom. The number of aliphatic hydroxyl groups excluding tert-OH is 1. The lowest BCUT2D eigenvalue weighted by Gasteiger charge is -2.08. The molecule has 2 atom stereocenters. The first-order valence-corrected chi connectivity index (χ1v) is 3.73. The van der Waals surface area contributed by atoms with Gasteiger partial charge in [0.2, 0.25) is 0 Å². The van der Waals surface area contributed by atoms with Gasteiger partial charge in [-0.25, -0.2) is 0 Å². The molecule has 11 heavy (non-hydrogen) atoms. The van der Waals surface area contributed by atoms with Gasteiger partial charge in [0, 0.05) is 0 Å². The number of aliphatic hydroxyl groups is 1. The third-order valence-electron chi connectivity index (χ3n) is 1.78. The third-order valence-corrected chi connectivity index (χ3v) is 1.78. The minimum Gasteiger partial charge on any atom is -0.465 e. The van der Waals surface area contributed by atoms with Crippen LogP contribution in [0.15, 0.2) is 12.2 Å². The molecule has 0 aliphatic carbocycles. The van der Waals surface area contributed by atoms with Crippen LogP contribution in [0.2, 0.25) is 0 Å². The summed E-state index contributed by atoms with van der Waals surface area (Å²) in [5, 5.41) is 9.33. The number of hydrogen-bond acceptors (Lipinski definition) is 3. The van der Waals surface area contributed by atoms with E-state index in [0.717, 1.165) is 0 Å². The van der Waals surface area contributed by atoms with Crippen LogP contribution in [0.4, 0.5) is 0 Å². The number of hydrogen-bond donors (Lipinski definition) is 1. The second-order valence-corrected chi connectivity index (χ2v) is 2.58. The Kier molecular flexibility index (Phi) is 2.65. The van der Waals surface area contributed by atoms with Crippen molar-refractivity contribution in [2.75, 3.05) is 6.61 Å². The van der Waals surface area contributed by atoms with Gasteiger partial charge in [-0.15, -0.1) is 0 Å². The van der Waals surface area contributed by atoms with E-state index in [9.17, 15) is 9.90 Å². The van der Waals surface area contributed by atoms with E-state index >= 15 is 0 Å². The van der Waals surface area contributed by atoms with E-state index < -0.39 is 6.10 Å². The van der Waals surface area contributed by atoms with Crippen molar-refractivity contribution in [1.29, 1.82) is 0 Å². The fraction of sp³-hybridized carbons (Fsp3) is 0.625. The summed E-state index contributed by atoms with van der Waals surface area (Å²) in [6.45, 7) is 2.25. The summed E-state index contributed by atoms with van der Waals surface area (Å²) >= 11 is 0. The predicted molar refractivity (Wildman–Crippen MR) is 39.9 cm³/mol. The second-order valence-electron chi connectivity index (χ2n) is 2.58. The van der Waals surface area contributed by atoms with Gasteiger partial charge in [0.1, 0.15) is 0 Å². The standard InChI is InChI=1S/C8H12O3/c1-2-3-7(9)6-4-5-11-8(6)10/h2-3,6-7,9H,4-5H2,1H3/b3-2+/t6-,7+/m1/s1. The van der Waals surface area contributed by atoms with Crippen LogP contribution in [0, 0.1) is 5.92 Å². The molecule has 0 bridgehead atoms. The van der Waals surface area contributed by atoms with Crippen LogP contribution >= 0.6 is 0 Å². The first-order chi connectivity index (χ1) is 5.25. The van der Waals surface area contributed by atoms with E-state index in [1.165, 1.54) is 0 Å². The molecule has 1 aliphatic rings. The number of allylic oxidation sites excluding steroid dienone is 1. The minimum absolute atomic E-state index is 0.282. The lowest BCUT2D eigenvalue weighted by molar-refractivity contribution is -0.143. The molecular weight excluding hydrogens is 144 g/mol. The Balaban J connectivity index is 2.52. The van der Waals surface area contributed by atoms with Crippen molar-refractivity contribution < 1.29 is 14.6 Å². The van der Waals surface area contributed by atoms with Gasteiger partial charge < -0.3 is 9.84 Å². The number of carbonyl (C=O) groups is 1. The molecule has 1 fully saturated rings. The smallest absolute Gasteiger partial charge is 0.312 e. The topological polar surface area (TPSA) is 46.5 Å². The molecule has 1 heterocycles. The first kappa shape index (κ1) is 8.27. The highest BCUT2D eigenvalue weighted by molar-refractivity contribution is 5.75. The van der Waals surface area contributed by atoms with Gasteiger partial charge in [0.25, 0.3) is 0 Å². The van der Waals surface area contributed by atoms with E-state index in [1.54, 1.807) is 12.2 Å². The summed E-state index contributed by atoms with van der Waals surface area (Å²) in [5.74, 6) is -0.623. The molecule has 3 heteroatoms. The second kappa shape index (κ2) is 3.53. The van der Waals surface area contributed by atoms with Gasteiger partial charge >= 0.3 is 5.97 Å². The van der Waals surface area contributed by atoms with Crippen molar-refractivity contribution in [2.45, 2.75) is 19.4 Å². The molecule has 0 radical (unpaired) electrons. The Hall–Kier alpha value is -0.830. The zero-order valence-electron chi connectivity index (χ0n) is 6.49. The fourth-order valence-electron chi connectivity index (χ4n) is 1.15. The molecule has 0 aromatic heterocycles. The highest BCUT2D eigenvalue weighted by Crippen LogP contribution is 2.18. The van der Waals surface area contributed by atoms with Crippen molar-refractivity contribution in [3.05, 3.63) is 12.2 Å². The molecule has 0 aromatic carbocycles. The lowest BCUT2D eigenvalue weighted by atomic mass is 10.0. The number of rotatable bonds is 2. The van der Waals surface area contributed by atoms with Crippen molar-refractivity contribution in [2.24, 2.45) is 5.92 Å². The van der Waals surface area contributed by atoms with Gasteiger partial charge in [0.15, 0.2) is 0 Å². The summed E-state index contributed by atoms with van der Waals surface area (Å²) in [6, 6.07) is 0. The molecule has 0 spiro atoms. The summed E-state index contributed by atoms with van der Waals surface area (Å²) < 4.78 is 4.70. The van der Waals surface area contributed by atoms with E-state index in [1.807, 2.05) is 6.92 Å². The molecule has 1 rings (SSSR count). The van der Waals surface area contributed by atoms with Crippen LogP contribution in [0.3, 0.4) is 0 Å². The number of ether oxygens (including phenoxy) is 1. The van der Waals surface area contributed by atoms with E-state index in [0.29, 0.717) is 13.0 Å². The Bertz CT molecular complexity index is 174. The van der Waals surface area contributed by atoms with Crippen LogP contribution in [-0.4, -0.2) is 23.8 Å². The van der Waals surface area contributed by atoms with Gasteiger partial charge in [-0.05, 0) is 13.3 Å². The Morgan fingerprint density at radius 3 is 3.00 bits per heavy atom. The van der Waals surface area contributed by atoms with E-state index in [4.69, 9.17) is 4.74 Å². The Morgan fingerprint density at radius 1 is 1.82 bits per heavy atom. The number of cyclic esters (lactones) is 1. The maximum atomic E-state index is 10.9. The van der Waals surface area contributed by atoms with E-state index in [2.05, 4.69) is 0 Å². The minimum atomic E-state index is -0.671. The molecule has 0 amide bonds. The maximum Gasteiger partial charge on any atom is 0.312 e. The largest absolute Gasteiger partial charge is 0.465 e. The van der Waals surface area contributed by atoms with Crippen LogP contribution < -0.4 is 0 Å². The SMILES string of the molecule is C/C=C/[C@H](O)[C@H]1CCOC1=O. The van der Waals surface area contributed by atoms with Crippen LogP contribution in [-0.2, 0) is 9.53 Å². The molecule has 1 N–H and O–H groups in total. The van der Waals surface area contributed by atoms with Gasteiger partial charge in [0.05, 0.1) is 18.6 Å². The summed E-state index contributed by atoms with van der Waals surface area (Å²) in [4.78, 5) is 10.9. The predicted octanol–water partition coefficient (Wildman–Crippen LogP) is 0.486. The van der Waals surface area contributed by atoms with E-state index in [-0.39, 0.29) is 11.9 Å². The van der Waals surface area contributed by atoms with Crippen molar-refractivity contribution >= 4 is 5.97 Å². The van der Waals surface area contributed by atoms with Gasteiger partial charge in [-0.1, -0.05) is 12.2 Å². The van der Waals surface area contributed by atoms with Crippen LogP contribution in [0.1, 0.15) is 13.3 Å².